The predicted molar refractivity (Wildman–Crippen MR) is 38.5 cm³/mol. The molecule has 0 saturated heterocycles. The molecule has 0 aromatic carbocycles. The van der Waals surface area contributed by atoms with Crippen molar-refractivity contribution in [3.05, 3.63) is 10.4 Å². The van der Waals surface area contributed by atoms with Crippen LogP contribution in [0.4, 0.5) is 4.79 Å². The van der Waals surface area contributed by atoms with E-state index in [0.29, 0.717) is 0 Å². The van der Waals surface area contributed by atoms with E-state index in [4.69, 9.17) is 5.53 Å². The lowest BCUT2D eigenvalue weighted by molar-refractivity contribution is 0.112. The van der Waals surface area contributed by atoms with E-state index < -0.39 is 6.09 Å². The van der Waals surface area contributed by atoms with Crippen LogP contribution in [0.5, 0.6) is 0 Å². The first-order valence-electron chi connectivity index (χ1n) is 3.05. The van der Waals surface area contributed by atoms with Gasteiger partial charge in [0.2, 0.25) is 0 Å². The molecule has 0 aromatic heterocycles. The van der Waals surface area contributed by atoms with Gasteiger partial charge in [-0.3, -0.25) is 0 Å². The first kappa shape index (κ1) is 9.58. The van der Waals surface area contributed by atoms with Crippen LogP contribution in [-0.4, -0.2) is 24.3 Å². The monoisotopic (exact) mass is 158 g/mol. The molecule has 0 fully saturated rings. The standard InChI is InChI=1S/C5H10N4O2/c1-4(2)9(8-7-6)5(10)11-3/h4H,1-3H3. The van der Waals surface area contributed by atoms with Crippen molar-refractivity contribution in [3.63, 3.8) is 0 Å². The van der Waals surface area contributed by atoms with Crippen molar-refractivity contribution in [3.8, 4) is 0 Å². The van der Waals surface area contributed by atoms with Crippen molar-refractivity contribution in [2.45, 2.75) is 19.9 Å². The van der Waals surface area contributed by atoms with Gasteiger partial charge in [0, 0.05) is 0 Å². The van der Waals surface area contributed by atoms with Gasteiger partial charge in [0.05, 0.1) is 7.11 Å². The Morgan fingerprint density at radius 3 is 2.55 bits per heavy atom. The van der Waals surface area contributed by atoms with Crippen LogP contribution in [0.1, 0.15) is 13.8 Å². The topological polar surface area (TPSA) is 78.3 Å². The van der Waals surface area contributed by atoms with Crippen LogP contribution in [0.3, 0.4) is 0 Å². The van der Waals surface area contributed by atoms with Crippen molar-refractivity contribution in [1.29, 1.82) is 0 Å². The fourth-order valence-corrected chi connectivity index (χ4v) is 0.487. The molecule has 0 aliphatic heterocycles. The highest BCUT2D eigenvalue weighted by molar-refractivity contribution is 5.67. The molecule has 0 aromatic rings. The lowest BCUT2D eigenvalue weighted by Gasteiger charge is -2.12. The predicted octanol–water partition coefficient (Wildman–Crippen LogP) is 1.69. The van der Waals surface area contributed by atoms with E-state index in [1.54, 1.807) is 13.8 Å². The number of azide groups is 1. The highest BCUT2D eigenvalue weighted by Gasteiger charge is 2.20. The van der Waals surface area contributed by atoms with Gasteiger partial charge in [0.25, 0.3) is 0 Å². The summed E-state index contributed by atoms with van der Waals surface area (Å²) in [6.45, 7) is 3.43. The highest BCUT2D eigenvalue weighted by Crippen LogP contribution is 2.01. The number of nitrogens with zero attached hydrogens (tertiary/aromatic N) is 4. The first-order valence-corrected chi connectivity index (χ1v) is 3.05. The van der Waals surface area contributed by atoms with Crippen molar-refractivity contribution in [2.75, 3.05) is 7.11 Å². The van der Waals surface area contributed by atoms with Crippen molar-refractivity contribution in [1.82, 2.24) is 5.01 Å². The van der Waals surface area contributed by atoms with Crippen LogP contribution in [0, 0.1) is 0 Å². The van der Waals surface area contributed by atoms with Gasteiger partial charge in [-0.15, -0.1) is 10.5 Å². The average molecular weight is 158 g/mol. The third kappa shape index (κ3) is 2.77. The second-order valence-electron chi connectivity index (χ2n) is 2.09. The minimum atomic E-state index is -0.655. The van der Waals surface area contributed by atoms with E-state index in [1.165, 1.54) is 7.11 Å². The van der Waals surface area contributed by atoms with Gasteiger partial charge in [-0.25, -0.2) is 0 Å². The zero-order chi connectivity index (χ0) is 8.85. The third-order valence-corrected chi connectivity index (χ3v) is 0.987. The molecule has 0 radical (unpaired) electrons. The smallest absolute Gasteiger partial charge is 0.434 e. The summed E-state index contributed by atoms with van der Waals surface area (Å²) in [7, 11) is 1.23. The zero-order valence-electron chi connectivity index (χ0n) is 6.68. The summed E-state index contributed by atoms with van der Waals surface area (Å²) < 4.78 is 4.35. The quantitative estimate of drug-likeness (QED) is 0.265. The molecular formula is C5H10N4O2. The number of carbonyl (C=O) groups excluding carboxylic acids is 1. The van der Waals surface area contributed by atoms with Gasteiger partial charge >= 0.3 is 6.09 Å². The number of rotatable bonds is 2. The van der Waals surface area contributed by atoms with Crippen LogP contribution >= 0.6 is 0 Å². The molecule has 0 saturated carbocycles. The van der Waals surface area contributed by atoms with Crippen molar-refractivity contribution >= 4 is 6.09 Å². The molecule has 1 amide bonds. The number of methoxy groups -OCH3 is 1. The second kappa shape index (κ2) is 4.40. The summed E-state index contributed by atoms with van der Waals surface area (Å²) in [6.07, 6.45) is -0.655. The van der Waals surface area contributed by atoms with E-state index >= 15 is 0 Å². The fraction of sp³-hybridized carbons (Fsp3) is 0.800. The molecule has 0 N–H and O–H groups in total. The molecule has 0 heterocycles. The summed E-state index contributed by atoms with van der Waals surface area (Å²) in [6, 6.07) is -0.196. The number of ether oxygens (including phenoxy) is 1. The van der Waals surface area contributed by atoms with Crippen molar-refractivity contribution in [2.24, 2.45) is 5.22 Å². The van der Waals surface area contributed by atoms with Crippen LogP contribution in [0.25, 0.3) is 10.4 Å². The van der Waals surface area contributed by atoms with Gasteiger partial charge in [0.15, 0.2) is 0 Å². The lowest BCUT2D eigenvalue weighted by Crippen LogP contribution is -2.31. The van der Waals surface area contributed by atoms with E-state index in [2.05, 4.69) is 14.9 Å². The summed E-state index contributed by atoms with van der Waals surface area (Å²) in [5.74, 6) is 0. The average Bonchev–Trinajstić information content (AvgIpc) is 1.98. The zero-order valence-corrected chi connectivity index (χ0v) is 6.68. The fourth-order valence-electron chi connectivity index (χ4n) is 0.487. The maximum absolute atomic E-state index is 10.8. The van der Waals surface area contributed by atoms with Crippen LogP contribution in [0.2, 0.25) is 0 Å². The number of carbonyl (C=O) groups is 1. The second-order valence-corrected chi connectivity index (χ2v) is 2.09. The third-order valence-electron chi connectivity index (χ3n) is 0.987. The van der Waals surface area contributed by atoms with E-state index in [1.807, 2.05) is 0 Å². The Bertz CT molecular complexity index is 185. The summed E-state index contributed by atoms with van der Waals surface area (Å²) in [5, 5.41) is 4.05. The van der Waals surface area contributed by atoms with E-state index in [-0.39, 0.29) is 6.04 Å². The minimum Gasteiger partial charge on any atom is -0.434 e. The van der Waals surface area contributed by atoms with Crippen LogP contribution in [-0.2, 0) is 4.74 Å². The van der Waals surface area contributed by atoms with E-state index in [9.17, 15) is 4.79 Å². The minimum absolute atomic E-state index is 0.196. The van der Waals surface area contributed by atoms with Gasteiger partial charge in [0.1, 0.15) is 6.04 Å². The molecule has 0 atom stereocenters. The summed E-state index contributed by atoms with van der Waals surface area (Å²) in [5.41, 5.74) is 8.04. The Morgan fingerprint density at radius 1 is 1.73 bits per heavy atom. The molecule has 0 unspecified atom stereocenters. The molecule has 0 rings (SSSR count). The molecule has 0 spiro atoms. The molecular weight excluding hydrogens is 148 g/mol. The van der Waals surface area contributed by atoms with E-state index in [0.717, 1.165) is 5.01 Å². The van der Waals surface area contributed by atoms with Crippen LogP contribution < -0.4 is 0 Å². The molecule has 6 heteroatoms. The molecule has 0 aliphatic rings. The SMILES string of the molecule is COC(=O)N(N=[N+]=[N-])C(C)C. The van der Waals surface area contributed by atoms with Gasteiger partial charge in [-0.1, -0.05) is 0 Å². The van der Waals surface area contributed by atoms with Crippen LogP contribution in [0.15, 0.2) is 5.22 Å². The lowest BCUT2D eigenvalue weighted by atomic mass is 10.4. The Labute approximate surface area is 64.3 Å². The van der Waals surface area contributed by atoms with Gasteiger partial charge in [-0.05, 0) is 19.1 Å². The van der Waals surface area contributed by atoms with Crippen molar-refractivity contribution < 1.29 is 9.53 Å². The molecule has 0 aliphatic carbocycles. The highest BCUT2D eigenvalue weighted by atomic mass is 16.5. The Morgan fingerprint density at radius 2 is 2.27 bits per heavy atom. The number of amides is 1. The Balaban J connectivity index is 4.33. The Hall–Kier alpha value is -1.42. The summed E-state index contributed by atoms with van der Waals surface area (Å²) >= 11 is 0. The molecule has 11 heavy (non-hydrogen) atoms. The molecule has 0 bridgehead atoms. The summed E-state index contributed by atoms with van der Waals surface area (Å²) in [4.78, 5) is 13.3. The Kier molecular flexibility index (Phi) is 3.84. The molecule has 62 valence electrons. The number of hydrogen-bond donors (Lipinski definition) is 0. The maximum Gasteiger partial charge on any atom is 0.510 e. The van der Waals surface area contributed by atoms with Gasteiger partial charge in [-0.2, -0.15) is 9.71 Å². The largest absolute Gasteiger partial charge is 0.510 e. The maximum atomic E-state index is 10.8. The normalized spacial score (nSPS) is 8.73. The number of hydrogen-bond acceptors (Lipinski definition) is 3. The molecule has 6 nitrogen and oxygen atoms in total. The first-order chi connectivity index (χ1) is 5.13. The van der Waals surface area contributed by atoms with Gasteiger partial charge < -0.3 is 4.74 Å².